The molecule has 0 spiro atoms. The van der Waals surface area contributed by atoms with Gasteiger partial charge in [-0.05, 0) is 35.4 Å². The SMILES string of the molecule is Cc1ccc(C(=O)N(Cc2cccc3ccccc23)C(=N)N)cc1. The van der Waals surface area contributed by atoms with Gasteiger partial charge in [0.2, 0.25) is 0 Å². The van der Waals surface area contributed by atoms with Gasteiger partial charge in [-0.3, -0.25) is 15.1 Å². The number of nitrogens with one attached hydrogen (secondary N) is 1. The van der Waals surface area contributed by atoms with Crippen LogP contribution in [0.15, 0.2) is 66.7 Å². The Morgan fingerprint density at radius 2 is 1.67 bits per heavy atom. The van der Waals surface area contributed by atoms with Crippen LogP contribution in [0.1, 0.15) is 21.5 Å². The molecule has 0 heterocycles. The molecule has 120 valence electrons. The summed E-state index contributed by atoms with van der Waals surface area (Å²) in [5.41, 5.74) is 8.25. The topological polar surface area (TPSA) is 70.2 Å². The van der Waals surface area contributed by atoms with Gasteiger partial charge in [0.25, 0.3) is 5.91 Å². The largest absolute Gasteiger partial charge is 0.370 e. The summed E-state index contributed by atoms with van der Waals surface area (Å²) in [4.78, 5) is 14.0. The molecule has 0 unspecified atom stereocenters. The zero-order valence-corrected chi connectivity index (χ0v) is 13.5. The molecule has 0 aliphatic rings. The van der Waals surface area contributed by atoms with Crippen LogP contribution in [-0.4, -0.2) is 16.8 Å². The Morgan fingerprint density at radius 1 is 1.00 bits per heavy atom. The lowest BCUT2D eigenvalue weighted by atomic mass is 10.0. The monoisotopic (exact) mass is 317 g/mol. The van der Waals surface area contributed by atoms with Crippen LogP contribution >= 0.6 is 0 Å². The predicted molar refractivity (Wildman–Crippen MR) is 96.9 cm³/mol. The fourth-order valence-corrected chi connectivity index (χ4v) is 2.72. The van der Waals surface area contributed by atoms with Crippen molar-refractivity contribution in [2.24, 2.45) is 5.73 Å². The van der Waals surface area contributed by atoms with Gasteiger partial charge in [0, 0.05) is 5.56 Å². The Bertz CT molecular complexity index is 895. The Kier molecular flexibility index (Phi) is 4.29. The van der Waals surface area contributed by atoms with Gasteiger partial charge >= 0.3 is 0 Å². The summed E-state index contributed by atoms with van der Waals surface area (Å²) in [5.74, 6) is -0.524. The number of guanidine groups is 1. The molecule has 0 radical (unpaired) electrons. The maximum atomic E-state index is 12.7. The number of benzene rings is 3. The number of aryl methyl sites for hydroxylation is 1. The van der Waals surface area contributed by atoms with E-state index in [2.05, 4.69) is 0 Å². The molecular weight excluding hydrogens is 298 g/mol. The molecule has 24 heavy (non-hydrogen) atoms. The number of nitrogens with two attached hydrogens (primary N) is 1. The highest BCUT2D eigenvalue weighted by molar-refractivity contribution is 6.04. The van der Waals surface area contributed by atoms with E-state index in [0.717, 1.165) is 21.9 Å². The summed E-state index contributed by atoms with van der Waals surface area (Å²) in [7, 11) is 0. The lowest BCUT2D eigenvalue weighted by molar-refractivity contribution is 0.0838. The zero-order valence-electron chi connectivity index (χ0n) is 13.5. The highest BCUT2D eigenvalue weighted by Crippen LogP contribution is 2.20. The van der Waals surface area contributed by atoms with E-state index in [0.29, 0.717) is 5.56 Å². The van der Waals surface area contributed by atoms with Gasteiger partial charge in [0.15, 0.2) is 5.96 Å². The van der Waals surface area contributed by atoms with Crippen LogP contribution in [0.3, 0.4) is 0 Å². The standard InChI is InChI=1S/C20H19N3O/c1-14-9-11-16(12-10-14)19(24)23(20(21)22)13-17-7-4-6-15-5-2-3-8-18(15)17/h2-12H,13H2,1H3,(H3,21,22). The molecule has 0 saturated heterocycles. The van der Waals surface area contributed by atoms with Crippen molar-refractivity contribution in [1.82, 2.24) is 4.90 Å². The summed E-state index contributed by atoms with van der Waals surface area (Å²) in [6, 6.07) is 21.2. The summed E-state index contributed by atoms with van der Waals surface area (Å²) in [6.45, 7) is 2.23. The van der Waals surface area contributed by atoms with E-state index >= 15 is 0 Å². The van der Waals surface area contributed by atoms with Crippen molar-refractivity contribution in [2.75, 3.05) is 0 Å². The molecule has 0 bridgehead atoms. The van der Waals surface area contributed by atoms with E-state index in [9.17, 15) is 4.79 Å². The molecule has 4 heteroatoms. The van der Waals surface area contributed by atoms with Gasteiger partial charge < -0.3 is 5.73 Å². The van der Waals surface area contributed by atoms with Gasteiger partial charge in [0.05, 0.1) is 6.54 Å². The molecule has 0 aliphatic carbocycles. The maximum Gasteiger partial charge on any atom is 0.260 e. The number of rotatable bonds is 3. The lowest BCUT2D eigenvalue weighted by Crippen LogP contribution is -2.40. The van der Waals surface area contributed by atoms with Crippen LogP contribution in [-0.2, 0) is 6.54 Å². The molecule has 0 atom stereocenters. The van der Waals surface area contributed by atoms with Crippen LogP contribution in [0, 0.1) is 12.3 Å². The second kappa shape index (κ2) is 6.54. The second-order valence-corrected chi connectivity index (χ2v) is 5.78. The molecule has 3 aromatic rings. The van der Waals surface area contributed by atoms with Crippen molar-refractivity contribution >= 4 is 22.6 Å². The van der Waals surface area contributed by atoms with Gasteiger partial charge in [-0.15, -0.1) is 0 Å². The van der Waals surface area contributed by atoms with E-state index in [-0.39, 0.29) is 18.4 Å². The Balaban J connectivity index is 1.95. The van der Waals surface area contributed by atoms with Gasteiger partial charge in [0.1, 0.15) is 0 Å². The first-order chi connectivity index (χ1) is 11.6. The number of carbonyl (C=O) groups excluding carboxylic acids is 1. The Hall–Kier alpha value is -3.14. The molecule has 3 aromatic carbocycles. The number of nitrogens with zero attached hydrogens (tertiary/aromatic N) is 1. The fraction of sp³-hybridized carbons (Fsp3) is 0.100. The first-order valence-electron chi connectivity index (χ1n) is 7.75. The Labute approximate surface area is 141 Å². The summed E-state index contributed by atoms with van der Waals surface area (Å²) in [6.07, 6.45) is 0. The second-order valence-electron chi connectivity index (χ2n) is 5.78. The average molecular weight is 317 g/mol. The lowest BCUT2D eigenvalue weighted by Gasteiger charge is -2.21. The fourth-order valence-electron chi connectivity index (χ4n) is 2.72. The van der Waals surface area contributed by atoms with Crippen LogP contribution in [0.25, 0.3) is 10.8 Å². The predicted octanol–water partition coefficient (Wildman–Crippen LogP) is 3.68. The van der Waals surface area contributed by atoms with Crippen molar-refractivity contribution in [2.45, 2.75) is 13.5 Å². The first kappa shape index (κ1) is 15.7. The summed E-state index contributed by atoms with van der Waals surface area (Å²) < 4.78 is 0. The quantitative estimate of drug-likeness (QED) is 0.571. The van der Waals surface area contributed by atoms with Crippen LogP contribution in [0.4, 0.5) is 0 Å². The number of fused-ring (bicyclic) bond motifs is 1. The molecule has 0 fully saturated rings. The minimum absolute atomic E-state index is 0.256. The van der Waals surface area contributed by atoms with Crippen molar-refractivity contribution in [1.29, 1.82) is 5.41 Å². The van der Waals surface area contributed by atoms with Gasteiger partial charge in [-0.2, -0.15) is 0 Å². The number of carbonyl (C=O) groups is 1. The molecule has 0 saturated carbocycles. The van der Waals surface area contributed by atoms with E-state index in [1.165, 1.54) is 4.90 Å². The van der Waals surface area contributed by atoms with Gasteiger partial charge in [-0.1, -0.05) is 60.2 Å². The molecule has 4 nitrogen and oxygen atoms in total. The molecule has 3 rings (SSSR count). The highest BCUT2D eigenvalue weighted by Gasteiger charge is 2.19. The van der Waals surface area contributed by atoms with Crippen LogP contribution in [0.2, 0.25) is 0 Å². The van der Waals surface area contributed by atoms with Crippen molar-refractivity contribution in [3.05, 3.63) is 83.4 Å². The number of amides is 1. The van der Waals surface area contributed by atoms with Crippen LogP contribution < -0.4 is 5.73 Å². The average Bonchev–Trinajstić information content (AvgIpc) is 2.59. The number of hydrogen-bond acceptors (Lipinski definition) is 2. The molecule has 0 aliphatic heterocycles. The molecule has 1 amide bonds. The third kappa shape index (κ3) is 3.13. The first-order valence-corrected chi connectivity index (χ1v) is 7.75. The highest BCUT2D eigenvalue weighted by atomic mass is 16.2. The van der Waals surface area contributed by atoms with E-state index in [1.54, 1.807) is 12.1 Å². The third-order valence-corrected chi connectivity index (χ3v) is 4.04. The summed E-state index contributed by atoms with van der Waals surface area (Å²) >= 11 is 0. The van der Waals surface area contributed by atoms with Crippen molar-refractivity contribution in [3.63, 3.8) is 0 Å². The maximum absolute atomic E-state index is 12.7. The van der Waals surface area contributed by atoms with Crippen molar-refractivity contribution < 1.29 is 4.79 Å². The van der Waals surface area contributed by atoms with E-state index in [1.807, 2.05) is 61.5 Å². The molecule has 0 aromatic heterocycles. The smallest absolute Gasteiger partial charge is 0.260 e. The van der Waals surface area contributed by atoms with E-state index in [4.69, 9.17) is 11.1 Å². The van der Waals surface area contributed by atoms with Gasteiger partial charge in [-0.25, -0.2) is 0 Å². The normalized spacial score (nSPS) is 10.5. The number of hydrogen-bond donors (Lipinski definition) is 2. The third-order valence-electron chi connectivity index (χ3n) is 4.04. The van der Waals surface area contributed by atoms with E-state index < -0.39 is 0 Å². The molecular formula is C20H19N3O. The Morgan fingerprint density at radius 3 is 2.38 bits per heavy atom. The minimum Gasteiger partial charge on any atom is -0.370 e. The summed E-state index contributed by atoms with van der Waals surface area (Å²) in [5, 5.41) is 9.97. The minimum atomic E-state index is -0.268. The van der Waals surface area contributed by atoms with Crippen molar-refractivity contribution in [3.8, 4) is 0 Å². The molecule has 3 N–H and O–H groups in total. The van der Waals surface area contributed by atoms with Crippen LogP contribution in [0.5, 0.6) is 0 Å². The zero-order chi connectivity index (χ0) is 17.1.